The number of aromatic nitrogens is 2. The third-order valence-corrected chi connectivity index (χ3v) is 8.04. The molecule has 0 bridgehead atoms. The number of aryl methyl sites for hydroxylation is 2. The number of carbonyl (C=O) groups is 3. The molecule has 2 aliphatic heterocycles. The number of halogens is 2. The zero-order valence-corrected chi connectivity index (χ0v) is 20.9. The number of nitrogens with one attached hydrogen (secondary N) is 1. The van der Waals surface area contributed by atoms with Gasteiger partial charge < -0.3 is 5.32 Å². The van der Waals surface area contributed by atoms with Crippen molar-refractivity contribution in [1.82, 2.24) is 20.0 Å². The first-order chi connectivity index (χ1) is 18.4. The summed E-state index contributed by atoms with van der Waals surface area (Å²) in [4.78, 5) is 41.8. The fourth-order valence-electron chi connectivity index (χ4n) is 5.11. The highest BCUT2D eigenvalue weighted by molar-refractivity contribution is 7.14. The highest BCUT2D eigenvalue weighted by Crippen LogP contribution is 2.36. The van der Waals surface area contributed by atoms with Crippen LogP contribution < -0.4 is 5.32 Å². The number of benzene rings is 2. The summed E-state index contributed by atoms with van der Waals surface area (Å²) in [6.07, 6.45) is 2.84. The van der Waals surface area contributed by atoms with Crippen molar-refractivity contribution >= 4 is 29.1 Å². The van der Waals surface area contributed by atoms with Crippen molar-refractivity contribution in [2.24, 2.45) is 0 Å². The average Bonchev–Trinajstić information content (AvgIpc) is 3.51. The van der Waals surface area contributed by atoms with E-state index in [9.17, 15) is 23.2 Å². The summed E-state index contributed by atoms with van der Waals surface area (Å²) in [5.74, 6) is -2.14. The van der Waals surface area contributed by atoms with Crippen molar-refractivity contribution in [2.45, 2.75) is 31.8 Å². The van der Waals surface area contributed by atoms with Crippen LogP contribution >= 0.6 is 11.3 Å². The van der Waals surface area contributed by atoms with Crippen LogP contribution in [0.1, 0.15) is 47.2 Å². The number of fused-ring (bicyclic) bond motifs is 4. The first-order valence-electron chi connectivity index (χ1n) is 12.2. The van der Waals surface area contributed by atoms with Crippen LogP contribution in [0.2, 0.25) is 0 Å². The van der Waals surface area contributed by atoms with E-state index < -0.39 is 35.4 Å². The van der Waals surface area contributed by atoms with Crippen LogP contribution in [0.25, 0.3) is 11.3 Å². The molecule has 38 heavy (non-hydrogen) atoms. The molecule has 4 aromatic rings. The Hall–Kier alpha value is -4.18. The maximum atomic E-state index is 14.5. The van der Waals surface area contributed by atoms with E-state index in [4.69, 9.17) is 0 Å². The van der Waals surface area contributed by atoms with Crippen molar-refractivity contribution in [3.63, 3.8) is 0 Å². The molecule has 1 unspecified atom stereocenters. The van der Waals surface area contributed by atoms with Crippen molar-refractivity contribution < 1.29 is 23.2 Å². The lowest BCUT2D eigenvalue weighted by Crippen LogP contribution is -2.46. The van der Waals surface area contributed by atoms with Crippen LogP contribution in [-0.2, 0) is 19.4 Å². The summed E-state index contributed by atoms with van der Waals surface area (Å²) in [5, 5.41) is 7.05. The van der Waals surface area contributed by atoms with E-state index in [1.165, 1.54) is 29.7 Å². The molecule has 192 valence electrons. The number of imide groups is 1. The van der Waals surface area contributed by atoms with Crippen LogP contribution in [-0.4, -0.2) is 45.0 Å². The van der Waals surface area contributed by atoms with Crippen LogP contribution in [0.15, 0.2) is 60.8 Å². The number of amides is 3. The smallest absolute Gasteiger partial charge is 0.261 e. The van der Waals surface area contributed by atoms with Crippen molar-refractivity contribution in [3.8, 4) is 11.3 Å². The third kappa shape index (κ3) is 4.30. The Labute approximate surface area is 220 Å². The molecular formula is C28H22F2N4O3S. The summed E-state index contributed by atoms with van der Waals surface area (Å²) in [7, 11) is 0. The number of nitrogens with zero attached hydrogens (tertiary/aromatic N) is 3. The standard InChI is InChI=1S/C28H22F2N4O3S/c29-17-6-3-5-16(11-17)12-18(15-33-27(36)19-7-1-2-8-20(19)28(33)37)32-26(35)24-13-21-23(38-24)9-4-10-34-25(21)22(30)14-31-34/h1-3,5-8,11,13-14,18H,4,9-10,12,15H2,(H,32,35). The van der Waals surface area contributed by atoms with Crippen molar-refractivity contribution in [3.05, 3.63) is 98.9 Å². The molecule has 0 radical (unpaired) electrons. The Morgan fingerprint density at radius 2 is 1.79 bits per heavy atom. The number of hydrogen-bond acceptors (Lipinski definition) is 5. The van der Waals surface area contributed by atoms with Gasteiger partial charge >= 0.3 is 0 Å². The zero-order chi connectivity index (χ0) is 26.4. The van der Waals surface area contributed by atoms with Crippen LogP contribution in [0.5, 0.6) is 0 Å². The molecule has 10 heteroatoms. The summed E-state index contributed by atoms with van der Waals surface area (Å²) in [6, 6.07) is 13.5. The molecule has 1 N–H and O–H groups in total. The maximum Gasteiger partial charge on any atom is 0.261 e. The third-order valence-electron chi connectivity index (χ3n) is 6.84. The second-order valence-corrected chi connectivity index (χ2v) is 10.5. The molecule has 2 aromatic carbocycles. The predicted molar refractivity (Wildman–Crippen MR) is 137 cm³/mol. The molecule has 0 fully saturated rings. The van der Waals surface area contributed by atoms with Gasteiger partial charge in [0.25, 0.3) is 17.7 Å². The number of carbonyl (C=O) groups excluding carboxylic acids is 3. The monoisotopic (exact) mass is 532 g/mol. The molecular weight excluding hydrogens is 510 g/mol. The maximum absolute atomic E-state index is 14.5. The van der Waals surface area contributed by atoms with Crippen molar-refractivity contribution in [1.29, 1.82) is 0 Å². The van der Waals surface area contributed by atoms with E-state index in [0.717, 1.165) is 16.2 Å². The van der Waals surface area contributed by atoms with Crippen LogP contribution in [0.3, 0.4) is 0 Å². The van der Waals surface area contributed by atoms with Gasteiger partial charge in [0.2, 0.25) is 0 Å². The van der Waals surface area contributed by atoms with Gasteiger partial charge in [0.05, 0.1) is 28.2 Å². The first-order valence-corrected chi connectivity index (χ1v) is 13.1. The van der Waals surface area contributed by atoms with Gasteiger partial charge in [0, 0.05) is 23.5 Å². The van der Waals surface area contributed by atoms with Gasteiger partial charge in [-0.2, -0.15) is 5.10 Å². The van der Waals surface area contributed by atoms with E-state index >= 15 is 0 Å². The Balaban J connectivity index is 1.28. The minimum atomic E-state index is -0.685. The lowest BCUT2D eigenvalue weighted by atomic mass is 10.0. The minimum Gasteiger partial charge on any atom is -0.346 e. The van der Waals surface area contributed by atoms with E-state index in [1.807, 2.05) is 0 Å². The van der Waals surface area contributed by atoms with Crippen molar-refractivity contribution in [2.75, 3.05) is 6.54 Å². The van der Waals surface area contributed by atoms with Gasteiger partial charge in [-0.05, 0) is 55.2 Å². The second kappa shape index (κ2) is 9.60. The molecule has 2 aliphatic rings. The predicted octanol–water partition coefficient (Wildman–Crippen LogP) is 4.47. The molecule has 7 nitrogen and oxygen atoms in total. The Morgan fingerprint density at radius 1 is 1.03 bits per heavy atom. The van der Waals surface area contributed by atoms with Gasteiger partial charge in [-0.25, -0.2) is 8.78 Å². The second-order valence-electron chi connectivity index (χ2n) is 9.39. The summed E-state index contributed by atoms with van der Waals surface area (Å²) in [5.41, 5.74) is 2.26. The number of hydrogen-bond donors (Lipinski definition) is 1. The highest BCUT2D eigenvalue weighted by atomic mass is 32.1. The molecule has 0 aliphatic carbocycles. The van der Waals surface area contributed by atoms with E-state index in [1.54, 1.807) is 47.1 Å². The minimum absolute atomic E-state index is 0.0823. The molecule has 0 spiro atoms. The summed E-state index contributed by atoms with van der Waals surface area (Å²) >= 11 is 1.29. The quantitative estimate of drug-likeness (QED) is 0.372. The van der Waals surface area contributed by atoms with E-state index in [2.05, 4.69) is 10.4 Å². The highest BCUT2D eigenvalue weighted by Gasteiger charge is 2.37. The average molecular weight is 533 g/mol. The van der Waals surface area contributed by atoms with Gasteiger partial charge in [-0.3, -0.25) is 24.0 Å². The van der Waals surface area contributed by atoms with E-state index in [-0.39, 0.29) is 13.0 Å². The number of rotatable bonds is 6. The van der Waals surface area contributed by atoms with Gasteiger partial charge in [0.15, 0.2) is 5.82 Å². The topological polar surface area (TPSA) is 84.3 Å². The normalized spacial score (nSPS) is 15.1. The summed E-state index contributed by atoms with van der Waals surface area (Å²) in [6.45, 7) is 0.513. The molecule has 4 heterocycles. The SMILES string of the molecule is O=C(NC(Cc1cccc(F)c1)CN1C(=O)c2ccccc2C1=O)c1cc2c(s1)CCCn1ncc(F)c1-2. The lowest BCUT2D eigenvalue weighted by Gasteiger charge is -2.24. The molecule has 0 saturated heterocycles. The number of thiophene rings is 1. The Bertz CT molecular complexity index is 1560. The molecule has 3 amide bonds. The van der Waals surface area contributed by atoms with Crippen LogP contribution in [0, 0.1) is 11.6 Å². The molecule has 2 aromatic heterocycles. The van der Waals surface area contributed by atoms with Gasteiger partial charge in [-0.1, -0.05) is 24.3 Å². The molecule has 0 saturated carbocycles. The fraction of sp³-hybridized carbons (Fsp3) is 0.214. The molecule has 6 rings (SSSR count). The van der Waals surface area contributed by atoms with E-state index in [0.29, 0.717) is 45.8 Å². The Kier molecular flexibility index (Phi) is 6.11. The molecule has 1 atom stereocenters. The fourth-order valence-corrected chi connectivity index (χ4v) is 6.21. The largest absolute Gasteiger partial charge is 0.346 e. The van der Waals surface area contributed by atoms with Gasteiger partial charge in [0.1, 0.15) is 11.5 Å². The van der Waals surface area contributed by atoms with Gasteiger partial charge in [-0.15, -0.1) is 11.3 Å². The summed E-state index contributed by atoms with van der Waals surface area (Å²) < 4.78 is 30.0. The van der Waals surface area contributed by atoms with Crippen LogP contribution in [0.4, 0.5) is 8.78 Å². The Morgan fingerprint density at radius 3 is 2.53 bits per heavy atom. The lowest BCUT2D eigenvalue weighted by molar-refractivity contribution is 0.0629. The zero-order valence-electron chi connectivity index (χ0n) is 20.1. The first kappa shape index (κ1) is 24.2.